The van der Waals surface area contributed by atoms with Crippen LogP contribution in [0.5, 0.6) is 11.5 Å². The Morgan fingerprint density at radius 1 is 1.00 bits per heavy atom. The number of aromatic nitrogens is 1. The molecule has 0 aliphatic rings. The van der Waals surface area contributed by atoms with Crippen LogP contribution < -0.4 is 14.9 Å². The summed E-state index contributed by atoms with van der Waals surface area (Å²) in [5.74, 6) is 1.28. The van der Waals surface area contributed by atoms with Gasteiger partial charge in [0.1, 0.15) is 0 Å². The van der Waals surface area contributed by atoms with Gasteiger partial charge >= 0.3 is 6.18 Å². The van der Waals surface area contributed by atoms with Crippen molar-refractivity contribution in [1.29, 1.82) is 0 Å². The van der Waals surface area contributed by atoms with E-state index in [2.05, 4.69) is 10.5 Å². The van der Waals surface area contributed by atoms with Gasteiger partial charge in [0.15, 0.2) is 11.5 Å². The summed E-state index contributed by atoms with van der Waals surface area (Å²) in [6.07, 6.45) is -2.73. The van der Waals surface area contributed by atoms with Crippen LogP contribution in [0.2, 0.25) is 0 Å². The average molecular weight is 431 g/mol. The second kappa shape index (κ2) is 9.16. The molecule has 0 spiro atoms. The molecule has 0 unspecified atom stereocenters. The molecule has 0 aliphatic heterocycles. The number of methoxy groups -OCH3 is 2. The van der Waals surface area contributed by atoms with E-state index in [1.165, 1.54) is 6.07 Å². The lowest BCUT2D eigenvalue weighted by molar-refractivity contribution is -0.137. The van der Waals surface area contributed by atoms with E-state index in [0.29, 0.717) is 23.7 Å². The first kappa shape index (κ1) is 22.3. The Bertz CT molecular complexity index is 1090. The molecule has 3 rings (SSSR count). The fourth-order valence-corrected chi connectivity index (χ4v) is 3.38. The van der Waals surface area contributed by atoms with Crippen molar-refractivity contribution in [3.63, 3.8) is 0 Å². The number of aryl methyl sites for hydroxylation is 1. The van der Waals surface area contributed by atoms with Gasteiger partial charge in [-0.25, -0.2) is 0 Å². The van der Waals surface area contributed by atoms with Gasteiger partial charge in [-0.15, -0.1) is 0 Å². The summed E-state index contributed by atoms with van der Waals surface area (Å²) in [5, 5.41) is 4.26. The van der Waals surface area contributed by atoms with Crippen LogP contribution in [0, 0.1) is 13.8 Å². The second-order valence-corrected chi connectivity index (χ2v) is 6.99. The predicted molar refractivity (Wildman–Crippen MR) is 114 cm³/mol. The Morgan fingerprint density at radius 3 is 2.42 bits per heavy atom. The molecule has 0 amide bonds. The minimum absolute atomic E-state index is 0.461. The lowest BCUT2D eigenvalue weighted by Crippen LogP contribution is -2.07. The van der Waals surface area contributed by atoms with E-state index >= 15 is 0 Å². The maximum Gasteiger partial charge on any atom is 0.416 e. The molecule has 3 aromatic rings. The number of hydrazone groups is 1. The number of hydrogen-bond acceptors (Lipinski definition) is 4. The van der Waals surface area contributed by atoms with Crippen molar-refractivity contribution in [2.24, 2.45) is 5.10 Å². The highest BCUT2D eigenvalue weighted by molar-refractivity contribution is 5.82. The topological polar surface area (TPSA) is 47.8 Å². The van der Waals surface area contributed by atoms with Gasteiger partial charge < -0.3 is 19.5 Å². The van der Waals surface area contributed by atoms with Gasteiger partial charge in [0, 0.05) is 22.6 Å². The lowest BCUT2D eigenvalue weighted by Gasteiger charge is -2.13. The SMILES string of the molecule is COc1ccc(CN/N=C\c2cc(C)n(-c3cccc(C(F)(F)F)c3)c2C)cc1OC. The van der Waals surface area contributed by atoms with E-state index in [9.17, 15) is 13.2 Å². The Labute approximate surface area is 179 Å². The molecule has 1 aromatic heterocycles. The Balaban J connectivity index is 1.75. The van der Waals surface area contributed by atoms with Gasteiger partial charge in [0.2, 0.25) is 0 Å². The van der Waals surface area contributed by atoms with E-state index in [4.69, 9.17) is 9.47 Å². The van der Waals surface area contributed by atoms with Crippen molar-refractivity contribution in [2.75, 3.05) is 14.2 Å². The third-order valence-corrected chi connectivity index (χ3v) is 4.93. The number of nitrogens with one attached hydrogen (secondary N) is 1. The molecule has 0 saturated heterocycles. The van der Waals surface area contributed by atoms with E-state index < -0.39 is 11.7 Å². The molecule has 2 aromatic carbocycles. The molecule has 1 heterocycles. The van der Waals surface area contributed by atoms with Gasteiger partial charge in [-0.3, -0.25) is 0 Å². The molecule has 8 heteroatoms. The molecular weight excluding hydrogens is 407 g/mol. The van der Waals surface area contributed by atoms with Gasteiger partial charge in [-0.1, -0.05) is 12.1 Å². The zero-order valence-corrected chi connectivity index (χ0v) is 17.7. The Kier molecular flexibility index (Phi) is 6.58. The van der Waals surface area contributed by atoms with E-state index in [1.807, 2.05) is 38.1 Å². The number of benzene rings is 2. The third-order valence-electron chi connectivity index (χ3n) is 4.93. The normalized spacial score (nSPS) is 11.7. The van der Waals surface area contributed by atoms with Crippen molar-refractivity contribution >= 4 is 6.21 Å². The van der Waals surface area contributed by atoms with Gasteiger partial charge in [-0.05, 0) is 55.8 Å². The molecule has 0 fully saturated rings. The molecule has 0 saturated carbocycles. The highest BCUT2D eigenvalue weighted by Crippen LogP contribution is 2.31. The highest BCUT2D eigenvalue weighted by atomic mass is 19.4. The van der Waals surface area contributed by atoms with Crippen LogP contribution in [0.4, 0.5) is 13.2 Å². The summed E-state index contributed by atoms with van der Waals surface area (Å²) in [5.41, 5.74) is 6.16. The lowest BCUT2D eigenvalue weighted by atomic mass is 10.2. The summed E-state index contributed by atoms with van der Waals surface area (Å²) in [6, 6.07) is 12.8. The molecule has 31 heavy (non-hydrogen) atoms. The minimum atomic E-state index is -4.39. The minimum Gasteiger partial charge on any atom is -0.493 e. The van der Waals surface area contributed by atoms with Crippen molar-refractivity contribution in [3.05, 3.63) is 76.6 Å². The fraction of sp³-hybridized carbons (Fsp3) is 0.261. The van der Waals surface area contributed by atoms with Crippen LogP contribution >= 0.6 is 0 Å². The molecule has 0 aliphatic carbocycles. The molecule has 1 N–H and O–H groups in total. The summed E-state index contributed by atoms with van der Waals surface area (Å²) >= 11 is 0. The molecule has 0 bridgehead atoms. The van der Waals surface area contributed by atoms with Crippen LogP contribution in [0.3, 0.4) is 0 Å². The second-order valence-electron chi connectivity index (χ2n) is 6.99. The summed E-state index contributed by atoms with van der Waals surface area (Å²) < 4.78 is 51.5. The summed E-state index contributed by atoms with van der Waals surface area (Å²) in [7, 11) is 3.16. The first-order chi connectivity index (χ1) is 14.7. The van der Waals surface area contributed by atoms with Gasteiger partial charge in [-0.2, -0.15) is 18.3 Å². The summed E-state index contributed by atoms with van der Waals surface area (Å²) in [4.78, 5) is 0. The monoisotopic (exact) mass is 431 g/mol. The van der Waals surface area contributed by atoms with Crippen LogP contribution in [0.25, 0.3) is 5.69 Å². The standard InChI is InChI=1S/C23H24F3N3O2/c1-15-10-18(14-28-27-13-17-8-9-21(30-3)22(11-17)31-4)16(2)29(15)20-7-5-6-19(12-20)23(24,25)26/h5-12,14,27H,13H2,1-4H3/b28-14-. The van der Waals surface area contributed by atoms with Crippen molar-refractivity contribution in [2.45, 2.75) is 26.6 Å². The van der Waals surface area contributed by atoms with Crippen molar-refractivity contribution in [1.82, 2.24) is 9.99 Å². The molecule has 0 radical (unpaired) electrons. The molecule has 5 nitrogen and oxygen atoms in total. The smallest absolute Gasteiger partial charge is 0.416 e. The van der Waals surface area contributed by atoms with E-state index in [1.54, 1.807) is 31.1 Å². The number of hydrogen-bond donors (Lipinski definition) is 1. The number of ether oxygens (including phenoxy) is 2. The van der Waals surface area contributed by atoms with Crippen LogP contribution in [0.1, 0.15) is 28.1 Å². The predicted octanol–water partition coefficient (Wildman–Crippen LogP) is 5.25. The van der Waals surface area contributed by atoms with Crippen molar-refractivity contribution in [3.8, 4) is 17.2 Å². The molecule has 0 atom stereocenters. The first-order valence-corrected chi connectivity index (χ1v) is 9.58. The van der Waals surface area contributed by atoms with Crippen molar-refractivity contribution < 1.29 is 22.6 Å². The maximum absolute atomic E-state index is 13.1. The summed E-state index contributed by atoms with van der Waals surface area (Å²) in [6.45, 7) is 4.17. The van der Waals surface area contributed by atoms with E-state index in [-0.39, 0.29) is 0 Å². The fourth-order valence-electron chi connectivity index (χ4n) is 3.38. The van der Waals surface area contributed by atoms with E-state index in [0.717, 1.165) is 34.6 Å². The maximum atomic E-state index is 13.1. The largest absolute Gasteiger partial charge is 0.493 e. The zero-order chi connectivity index (χ0) is 22.6. The molecular formula is C23H24F3N3O2. The first-order valence-electron chi connectivity index (χ1n) is 9.58. The highest BCUT2D eigenvalue weighted by Gasteiger charge is 2.30. The third kappa shape index (κ3) is 5.02. The van der Waals surface area contributed by atoms with Crippen LogP contribution in [-0.2, 0) is 12.7 Å². The molecule has 164 valence electrons. The van der Waals surface area contributed by atoms with Crippen LogP contribution in [0.15, 0.2) is 53.6 Å². The quantitative estimate of drug-likeness (QED) is 0.410. The Hall–Kier alpha value is -3.42. The van der Waals surface area contributed by atoms with Gasteiger partial charge in [0.25, 0.3) is 0 Å². The van der Waals surface area contributed by atoms with Gasteiger partial charge in [0.05, 0.1) is 32.5 Å². The van der Waals surface area contributed by atoms with Crippen LogP contribution in [-0.4, -0.2) is 25.0 Å². The number of nitrogens with zero attached hydrogens (tertiary/aromatic N) is 2. The number of alkyl halides is 3. The average Bonchev–Trinajstić information content (AvgIpc) is 3.03. The number of halogens is 3. The Morgan fingerprint density at radius 2 is 1.74 bits per heavy atom. The zero-order valence-electron chi connectivity index (χ0n) is 17.7. The number of rotatable bonds is 7.